The lowest BCUT2D eigenvalue weighted by Gasteiger charge is -2.13. The first-order chi connectivity index (χ1) is 12.9. The molecule has 0 aliphatic carbocycles. The van der Waals surface area contributed by atoms with Crippen molar-refractivity contribution in [1.29, 1.82) is 0 Å². The van der Waals surface area contributed by atoms with Crippen LogP contribution in [0.5, 0.6) is 0 Å². The summed E-state index contributed by atoms with van der Waals surface area (Å²) >= 11 is 0. The number of rotatable bonds is 9. The van der Waals surface area contributed by atoms with E-state index >= 15 is 0 Å². The highest BCUT2D eigenvalue weighted by molar-refractivity contribution is 5.50. The van der Waals surface area contributed by atoms with Crippen molar-refractivity contribution < 1.29 is 0 Å². The van der Waals surface area contributed by atoms with Crippen LogP contribution in [0, 0.1) is 0 Å². The second kappa shape index (κ2) is 9.71. The van der Waals surface area contributed by atoms with E-state index in [0.29, 0.717) is 0 Å². The third kappa shape index (κ3) is 5.16. The third-order valence-corrected chi connectivity index (χ3v) is 4.54. The van der Waals surface area contributed by atoms with Crippen molar-refractivity contribution in [2.75, 3.05) is 0 Å². The van der Waals surface area contributed by atoms with Crippen molar-refractivity contribution in [1.82, 2.24) is 15.0 Å². The minimum absolute atomic E-state index is 0.0493. The summed E-state index contributed by atoms with van der Waals surface area (Å²) in [7, 11) is 0. The molecule has 3 aromatic rings. The number of hydrogen-bond donors (Lipinski definition) is 0. The number of hydrogen-bond acceptors (Lipinski definition) is 2. The molecule has 0 saturated heterocycles. The summed E-state index contributed by atoms with van der Waals surface area (Å²) in [6.07, 6.45) is 12.4. The Balaban J connectivity index is 1.78. The molecule has 3 heteroatoms. The van der Waals surface area contributed by atoms with E-state index < -0.39 is 0 Å². The lowest BCUT2D eigenvalue weighted by atomic mass is 10.1. The molecule has 134 valence electrons. The molecule has 0 amide bonds. The zero-order chi connectivity index (χ0) is 18.0. The quantitative estimate of drug-likeness (QED) is 0.465. The van der Waals surface area contributed by atoms with Gasteiger partial charge in [-0.2, -0.15) is 0 Å². The molecule has 2 aromatic carbocycles. The van der Waals surface area contributed by atoms with Crippen molar-refractivity contribution in [3.63, 3.8) is 0 Å². The standard InChI is InChI=1S/C23H27N3/c1-2-3-4-11-16-22-19-26(25-24-22)23(21-14-9-6-10-15-21)18-17-20-12-7-5-8-13-20/h5-10,12-15,17-19,23H,2-4,11,16H2,1H3/b18-17+. The Kier molecular flexibility index (Phi) is 6.77. The summed E-state index contributed by atoms with van der Waals surface area (Å²) in [5.74, 6) is 0. The molecule has 3 nitrogen and oxygen atoms in total. The van der Waals surface area contributed by atoms with Gasteiger partial charge >= 0.3 is 0 Å². The topological polar surface area (TPSA) is 30.7 Å². The van der Waals surface area contributed by atoms with Crippen LogP contribution in [0.3, 0.4) is 0 Å². The second-order valence-electron chi connectivity index (χ2n) is 6.63. The van der Waals surface area contributed by atoms with E-state index in [1.54, 1.807) is 0 Å². The summed E-state index contributed by atoms with van der Waals surface area (Å²) in [6, 6.07) is 20.9. The van der Waals surface area contributed by atoms with Crippen LogP contribution in [-0.2, 0) is 6.42 Å². The van der Waals surface area contributed by atoms with E-state index in [9.17, 15) is 0 Å². The minimum atomic E-state index is 0.0493. The Labute approximate surface area is 156 Å². The first-order valence-corrected chi connectivity index (χ1v) is 9.55. The smallest absolute Gasteiger partial charge is 0.0970 e. The largest absolute Gasteiger partial charge is 0.241 e. The van der Waals surface area contributed by atoms with Crippen LogP contribution in [0.2, 0.25) is 0 Å². The van der Waals surface area contributed by atoms with E-state index in [-0.39, 0.29) is 6.04 Å². The highest BCUT2D eigenvalue weighted by Gasteiger charge is 2.12. The van der Waals surface area contributed by atoms with Gasteiger partial charge in [0.05, 0.1) is 11.7 Å². The first kappa shape index (κ1) is 18.1. The fraction of sp³-hybridized carbons (Fsp3) is 0.304. The summed E-state index contributed by atoms with van der Waals surface area (Å²) in [4.78, 5) is 0. The Hall–Kier alpha value is -2.68. The molecular weight excluding hydrogens is 318 g/mol. The van der Waals surface area contributed by atoms with Crippen molar-refractivity contribution in [2.24, 2.45) is 0 Å². The Morgan fingerprint density at radius 2 is 1.65 bits per heavy atom. The van der Waals surface area contributed by atoms with Crippen LogP contribution < -0.4 is 0 Å². The number of aromatic nitrogens is 3. The van der Waals surface area contributed by atoms with Gasteiger partial charge in [0, 0.05) is 6.20 Å². The molecule has 0 bridgehead atoms. The van der Waals surface area contributed by atoms with E-state index in [1.165, 1.54) is 36.8 Å². The van der Waals surface area contributed by atoms with E-state index in [1.807, 2.05) is 16.8 Å². The Bertz CT molecular complexity index is 791. The van der Waals surface area contributed by atoms with Crippen LogP contribution in [0.4, 0.5) is 0 Å². The molecule has 0 saturated carbocycles. The van der Waals surface area contributed by atoms with Crippen molar-refractivity contribution in [3.8, 4) is 0 Å². The molecule has 1 aromatic heterocycles. The van der Waals surface area contributed by atoms with Crippen LogP contribution >= 0.6 is 0 Å². The number of allylic oxidation sites excluding steroid dienone is 1. The van der Waals surface area contributed by atoms with Gasteiger partial charge in [-0.1, -0.05) is 104 Å². The Morgan fingerprint density at radius 1 is 0.923 bits per heavy atom. The van der Waals surface area contributed by atoms with E-state index in [2.05, 4.69) is 84.1 Å². The maximum absolute atomic E-state index is 4.42. The Morgan fingerprint density at radius 3 is 2.38 bits per heavy atom. The zero-order valence-corrected chi connectivity index (χ0v) is 15.5. The number of unbranched alkanes of at least 4 members (excludes halogenated alkanes) is 3. The highest BCUT2D eigenvalue weighted by atomic mass is 15.4. The van der Waals surface area contributed by atoms with Crippen molar-refractivity contribution in [3.05, 3.63) is 89.8 Å². The molecule has 3 rings (SSSR count). The molecule has 0 spiro atoms. The van der Waals surface area contributed by atoms with Gasteiger partial charge in [-0.3, -0.25) is 0 Å². The van der Waals surface area contributed by atoms with Crippen LogP contribution in [0.15, 0.2) is 72.9 Å². The average molecular weight is 345 g/mol. The predicted molar refractivity (Wildman–Crippen MR) is 108 cm³/mol. The summed E-state index contributed by atoms with van der Waals surface area (Å²) in [6.45, 7) is 2.24. The first-order valence-electron chi connectivity index (χ1n) is 9.55. The molecule has 0 fully saturated rings. The highest BCUT2D eigenvalue weighted by Crippen LogP contribution is 2.21. The van der Waals surface area contributed by atoms with Gasteiger partial charge in [0.15, 0.2) is 0 Å². The molecule has 0 aliphatic rings. The van der Waals surface area contributed by atoms with E-state index in [0.717, 1.165) is 12.1 Å². The molecule has 0 radical (unpaired) electrons. The van der Waals surface area contributed by atoms with Gasteiger partial charge in [0.2, 0.25) is 0 Å². The summed E-state index contributed by atoms with van der Waals surface area (Å²) < 4.78 is 1.98. The van der Waals surface area contributed by atoms with Crippen LogP contribution in [0.25, 0.3) is 6.08 Å². The number of aryl methyl sites for hydroxylation is 1. The van der Waals surface area contributed by atoms with Gasteiger partial charge in [-0.15, -0.1) is 5.10 Å². The zero-order valence-electron chi connectivity index (χ0n) is 15.5. The molecule has 1 heterocycles. The SMILES string of the molecule is CCCCCCc1cn(C(/C=C/c2ccccc2)c2ccccc2)nn1. The maximum Gasteiger partial charge on any atom is 0.0970 e. The minimum Gasteiger partial charge on any atom is -0.241 e. The normalized spacial score (nSPS) is 12.5. The van der Waals surface area contributed by atoms with Crippen molar-refractivity contribution in [2.45, 2.75) is 45.1 Å². The average Bonchev–Trinajstić information content (AvgIpc) is 3.16. The molecule has 1 unspecified atom stereocenters. The molecule has 1 atom stereocenters. The summed E-state index contributed by atoms with van der Waals surface area (Å²) in [5.41, 5.74) is 3.48. The van der Waals surface area contributed by atoms with Crippen LogP contribution in [-0.4, -0.2) is 15.0 Å². The number of benzene rings is 2. The molecule has 0 N–H and O–H groups in total. The second-order valence-corrected chi connectivity index (χ2v) is 6.63. The number of nitrogens with zero attached hydrogens (tertiary/aromatic N) is 3. The van der Waals surface area contributed by atoms with Gasteiger partial charge in [0.1, 0.15) is 0 Å². The van der Waals surface area contributed by atoms with Crippen LogP contribution in [0.1, 0.15) is 55.5 Å². The third-order valence-electron chi connectivity index (χ3n) is 4.54. The van der Waals surface area contributed by atoms with E-state index in [4.69, 9.17) is 0 Å². The van der Waals surface area contributed by atoms with Gasteiger partial charge in [-0.25, -0.2) is 4.68 Å². The fourth-order valence-corrected chi connectivity index (χ4v) is 3.07. The molecule has 26 heavy (non-hydrogen) atoms. The lowest BCUT2D eigenvalue weighted by molar-refractivity contribution is 0.586. The lowest BCUT2D eigenvalue weighted by Crippen LogP contribution is -2.09. The van der Waals surface area contributed by atoms with Gasteiger partial charge in [0.25, 0.3) is 0 Å². The molecule has 0 aliphatic heterocycles. The predicted octanol–water partition coefficient (Wildman–Crippen LogP) is 5.70. The van der Waals surface area contributed by atoms with Gasteiger partial charge < -0.3 is 0 Å². The van der Waals surface area contributed by atoms with Crippen molar-refractivity contribution >= 4 is 6.08 Å². The molecular formula is C23H27N3. The maximum atomic E-state index is 4.42. The van der Waals surface area contributed by atoms with Gasteiger partial charge in [-0.05, 0) is 24.0 Å². The summed E-state index contributed by atoms with van der Waals surface area (Å²) in [5, 5.41) is 8.81. The fourth-order valence-electron chi connectivity index (χ4n) is 3.07. The monoisotopic (exact) mass is 345 g/mol.